The van der Waals surface area contributed by atoms with Gasteiger partial charge in [-0.3, -0.25) is 0 Å². The first-order valence-corrected chi connectivity index (χ1v) is 17.5. The van der Waals surface area contributed by atoms with E-state index in [0.29, 0.717) is 23.8 Å². The van der Waals surface area contributed by atoms with Gasteiger partial charge in [0, 0.05) is 0 Å². The number of ether oxygens (including phenoxy) is 3. The zero-order valence-electron chi connectivity index (χ0n) is 27.5. The van der Waals surface area contributed by atoms with Gasteiger partial charge in [-0.1, -0.05) is 102 Å². The van der Waals surface area contributed by atoms with E-state index in [9.17, 15) is 4.79 Å². The van der Waals surface area contributed by atoms with Gasteiger partial charge in [-0.2, -0.15) is 0 Å². The highest BCUT2D eigenvalue weighted by Gasteiger charge is 2.22. The van der Waals surface area contributed by atoms with Gasteiger partial charge in [-0.15, -0.1) is 0 Å². The van der Waals surface area contributed by atoms with Crippen LogP contribution in [-0.4, -0.2) is 19.2 Å². The van der Waals surface area contributed by atoms with Gasteiger partial charge in [0.15, 0.2) is 0 Å². The molecular weight excluding hydrogens is 556 g/mol. The van der Waals surface area contributed by atoms with Crippen molar-refractivity contribution in [3.63, 3.8) is 0 Å². The van der Waals surface area contributed by atoms with Gasteiger partial charge in [0.1, 0.15) is 17.2 Å². The Morgan fingerprint density at radius 3 is 1.67 bits per heavy atom. The van der Waals surface area contributed by atoms with Crippen molar-refractivity contribution < 1.29 is 19.0 Å². The summed E-state index contributed by atoms with van der Waals surface area (Å²) in [7, 11) is 0. The van der Waals surface area contributed by atoms with Crippen molar-refractivity contribution in [1.29, 1.82) is 0 Å². The number of carbonyl (C=O) groups is 1. The van der Waals surface area contributed by atoms with E-state index in [-0.39, 0.29) is 5.97 Å². The van der Waals surface area contributed by atoms with Gasteiger partial charge in [-0.25, -0.2) is 4.79 Å². The largest absolute Gasteiger partial charge is 0.494 e. The first kappa shape index (κ1) is 34.3. The molecule has 0 unspecified atom stereocenters. The molecule has 4 nitrogen and oxygen atoms in total. The molecule has 0 bridgehead atoms. The molecule has 0 atom stereocenters. The summed E-state index contributed by atoms with van der Waals surface area (Å²) < 4.78 is 17.4. The van der Waals surface area contributed by atoms with Crippen LogP contribution in [0.15, 0.2) is 79.4 Å². The first-order chi connectivity index (χ1) is 22.1. The van der Waals surface area contributed by atoms with Crippen molar-refractivity contribution in [2.75, 3.05) is 13.2 Å². The first-order valence-electron chi connectivity index (χ1n) is 17.5. The third-order valence-electron chi connectivity index (χ3n) is 9.14. The Hall–Kier alpha value is -3.53. The Balaban J connectivity index is 0.997. The van der Waals surface area contributed by atoms with Crippen LogP contribution in [0, 0.1) is 5.92 Å². The fourth-order valence-corrected chi connectivity index (χ4v) is 6.38. The molecule has 1 aliphatic carbocycles. The van der Waals surface area contributed by atoms with E-state index in [4.69, 9.17) is 14.2 Å². The highest BCUT2D eigenvalue weighted by atomic mass is 16.5. The van der Waals surface area contributed by atoms with Crippen LogP contribution >= 0.6 is 0 Å². The van der Waals surface area contributed by atoms with Crippen molar-refractivity contribution in [3.05, 3.63) is 96.1 Å². The van der Waals surface area contributed by atoms with E-state index in [1.165, 1.54) is 89.0 Å². The molecule has 0 aromatic heterocycles. The van der Waals surface area contributed by atoms with Gasteiger partial charge < -0.3 is 14.2 Å². The molecule has 4 rings (SSSR count). The maximum Gasteiger partial charge on any atom is 0.343 e. The second kappa shape index (κ2) is 19.8. The standard InChI is InChI=1S/C41H54O4/c1-3-14-34-15-19-35(20-16-34)36-21-29-40(30-22-36)45-41(42)37-23-27-39(28-24-37)44-32-13-11-9-7-5-6-8-10-12-31-43-38-25-17-33(4-2)18-26-38/h4,17-18,21-30,34-35H,2-3,5-16,19-20,31-32H2,1H3. The lowest BCUT2D eigenvalue weighted by Gasteiger charge is -2.28. The fraction of sp³-hybridized carbons (Fsp3) is 0.488. The highest BCUT2D eigenvalue weighted by molar-refractivity contribution is 5.91. The molecule has 242 valence electrons. The van der Waals surface area contributed by atoms with E-state index in [1.807, 2.05) is 54.6 Å². The molecular formula is C41H54O4. The molecule has 0 aliphatic heterocycles. The van der Waals surface area contributed by atoms with Crippen LogP contribution in [0.4, 0.5) is 0 Å². The molecule has 0 radical (unpaired) electrons. The van der Waals surface area contributed by atoms with E-state index < -0.39 is 0 Å². The smallest absolute Gasteiger partial charge is 0.343 e. The lowest BCUT2D eigenvalue weighted by Crippen LogP contribution is -2.13. The molecule has 45 heavy (non-hydrogen) atoms. The van der Waals surface area contributed by atoms with E-state index in [0.717, 1.165) is 42.4 Å². The number of hydrogen-bond acceptors (Lipinski definition) is 4. The third-order valence-corrected chi connectivity index (χ3v) is 9.14. The zero-order chi connectivity index (χ0) is 31.5. The van der Waals surface area contributed by atoms with Crippen molar-refractivity contribution in [1.82, 2.24) is 0 Å². The molecule has 0 N–H and O–H groups in total. The minimum absolute atomic E-state index is 0.336. The summed E-state index contributed by atoms with van der Waals surface area (Å²) in [4.78, 5) is 12.7. The molecule has 1 saturated carbocycles. The predicted octanol–water partition coefficient (Wildman–Crippen LogP) is 11.6. The highest BCUT2D eigenvalue weighted by Crippen LogP contribution is 2.38. The maximum atomic E-state index is 12.7. The maximum absolute atomic E-state index is 12.7. The Kier molecular flexibility index (Phi) is 15.1. The Morgan fingerprint density at radius 2 is 1.16 bits per heavy atom. The van der Waals surface area contributed by atoms with Crippen LogP contribution in [0.3, 0.4) is 0 Å². The summed E-state index contributed by atoms with van der Waals surface area (Å²) in [5.41, 5.74) is 3.02. The molecule has 0 spiro atoms. The molecule has 1 aliphatic rings. The summed E-state index contributed by atoms with van der Waals surface area (Å²) in [6.45, 7) is 7.55. The molecule has 3 aromatic rings. The van der Waals surface area contributed by atoms with Crippen molar-refractivity contribution >= 4 is 12.0 Å². The quantitative estimate of drug-likeness (QED) is 0.0725. The average molecular weight is 611 g/mol. The summed E-state index contributed by atoms with van der Waals surface area (Å²) in [6.07, 6.45) is 20.7. The Morgan fingerprint density at radius 1 is 0.667 bits per heavy atom. The molecule has 0 amide bonds. The summed E-state index contributed by atoms with van der Waals surface area (Å²) in [5, 5.41) is 0. The number of rotatable bonds is 20. The minimum Gasteiger partial charge on any atom is -0.494 e. The van der Waals surface area contributed by atoms with Gasteiger partial charge in [0.05, 0.1) is 18.8 Å². The summed E-state index contributed by atoms with van der Waals surface area (Å²) in [6, 6.07) is 23.5. The van der Waals surface area contributed by atoms with Crippen LogP contribution in [0.25, 0.3) is 6.08 Å². The minimum atomic E-state index is -0.336. The number of carbonyl (C=O) groups excluding carboxylic acids is 1. The van der Waals surface area contributed by atoms with E-state index >= 15 is 0 Å². The molecule has 0 saturated heterocycles. The SMILES string of the molecule is C=Cc1ccc(OCCCCCCCCCCCOc2ccc(C(=O)Oc3ccc(C4CCC(CCC)CC4)cc3)cc2)cc1. The second-order valence-corrected chi connectivity index (χ2v) is 12.6. The summed E-state index contributed by atoms with van der Waals surface area (Å²) >= 11 is 0. The van der Waals surface area contributed by atoms with E-state index in [1.54, 1.807) is 12.1 Å². The topological polar surface area (TPSA) is 44.8 Å². The van der Waals surface area contributed by atoms with Crippen molar-refractivity contribution in [2.24, 2.45) is 5.92 Å². The normalized spacial score (nSPS) is 16.2. The van der Waals surface area contributed by atoms with Gasteiger partial charge in [-0.05, 0) is 110 Å². The van der Waals surface area contributed by atoms with E-state index in [2.05, 4.69) is 25.6 Å². The predicted molar refractivity (Wildman–Crippen MR) is 187 cm³/mol. The molecule has 4 heteroatoms. The van der Waals surface area contributed by atoms with Crippen LogP contribution in [0.1, 0.15) is 131 Å². The number of esters is 1. The van der Waals surface area contributed by atoms with Crippen LogP contribution in [-0.2, 0) is 0 Å². The molecule has 1 fully saturated rings. The van der Waals surface area contributed by atoms with Crippen molar-refractivity contribution in [3.8, 4) is 17.2 Å². The van der Waals surface area contributed by atoms with Gasteiger partial charge >= 0.3 is 5.97 Å². The number of unbranched alkanes of at least 4 members (excludes halogenated alkanes) is 8. The number of hydrogen-bond donors (Lipinski definition) is 0. The van der Waals surface area contributed by atoms with Crippen molar-refractivity contribution in [2.45, 2.75) is 109 Å². The average Bonchev–Trinajstić information content (AvgIpc) is 3.08. The lowest BCUT2D eigenvalue weighted by atomic mass is 9.77. The van der Waals surface area contributed by atoms with Crippen LogP contribution < -0.4 is 14.2 Å². The van der Waals surface area contributed by atoms with Gasteiger partial charge in [0.2, 0.25) is 0 Å². The Bertz CT molecular complexity index is 1240. The molecule has 3 aromatic carbocycles. The summed E-state index contributed by atoms with van der Waals surface area (Å²) in [5.74, 6) is 3.53. The Labute approximate surface area is 272 Å². The van der Waals surface area contributed by atoms with Crippen LogP contribution in [0.5, 0.6) is 17.2 Å². The molecule has 0 heterocycles. The van der Waals surface area contributed by atoms with Crippen LogP contribution in [0.2, 0.25) is 0 Å². The zero-order valence-corrected chi connectivity index (χ0v) is 27.5. The lowest BCUT2D eigenvalue weighted by molar-refractivity contribution is 0.0734. The third kappa shape index (κ3) is 12.4. The monoisotopic (exact) mass is 610 g/mol. The number of benzene rings is 3. The van der Waals surface area contributed by atoms with Gasteiger partial charge in [0.25, 0.3) is 0 Å². The second-order valence-electron chi connectivity index (χ2n) is 12.6. The fourth-order valence-electron chi connectivity index (χ4n) is 6.38.